The summed E-state index contributed by atoms with van der Waals surface area (Å²) in [7, 11) is -0.706. The smallest absolute Gasteiger partial charge is 0.273 e. The van der Waals surface area contributed by atoms with Crippen molar-refractivity contribution < 1.29 is 22.7 Å². The van der Waals surface area contributed by atoms with Crippen LogP contribution < -0.4 is 14.8 Å². The van der Waals surface area contributed by atoms with Crippen molar-refractivity contribution in [3.8, 4) is 11.5 Å². The fraction of sp³-hybridized carbons (Fsp3) is 0.571. The third-order valence-corrected chi connectivity index (χ3v) is 7.86. The highest BCUT2D eigenvalue weighted by atomic mass is 32.2. The van der Waals surface area contributed by atoms with Crippen LogP contribution in [0.1, 0.15) is 49.0 Å². The first-order valence-electron chi connectivity index (χ1n) is 10.9. The quantitative estimate of drug-likeness (QED) is 0.603. The molecule has 1 amide bonds. The van der Waals surface area contributed by atoms with Gasteiger partial charge in [0, 0.05) is 31.2 Å². The van der Waals surface area contributed by atoms with Crippen molar-refractivity contribution >= 4 is 15.9 Å². The third kappa shape index (κ3) is 4.88. The first-order valence-corrected chi connectivity index (χ1v) is 12.3. The molecule has 0 bridgehead atoms. The van der Waals surface area contributed by atoms with E-state index in [0.717, 1.165) is 32.1 Å². The minimum Gasteiger partial charge on any atom is -0.493 e. The summed E-state index contributed by atoms with van der Waals surface area (Å²) in [5.41, 5.74) is 0.287. The minimum absolute atomic E-state index is 0.158. The summed E-state index contributed by atoms with van der Waals surface area (Å²) < 4.78 is 40.5. The van der Waals surface area contributed by atoms with Gasteiger partial charge in [-0.3, -0.25) is 9.48 Å². The zero-order chi connectivity index (χ0) is 22.7. The van der Waals surface area contributed by atoms with E-state index in [0.29, 0.717) is 31.0 Å². The molecule has 1 aromatic carbocycles. The van der Waals surface area contributed by atoms with E-state index in [4.69, 9.17) is 9.47 Å². The third-order valence-electron chi connectivity index (χ3n) is 5.91. The summed E-state index contributed by atoms with van der Waals surface area (Å²) in [5, 5.41) is 10.9. The second-order valence-electron chi connectivity index (χ2n) is 8.19. The molecule has 1 aromatic heterocycles. The van der Waals surface area contributed by atoms with Crippen LogP contribution >= 0.6 is 0 Å². The van der Waals surface area contributed by atoms with Gasteiger partial charge in [-0.2, -0.15) is 4.31 Å². The van der Waals surface area contributed by atoms with Gasteiger partial charge in [-0.05, 0) is 44.2 Å². The molecule has 1 N–H and O–H groups in total. The molecule has 2 aliphatic rings. The fourth-order valence-corrected chi connectivity index (χ4v) is 5.71. The summed E-state index contributed by atoms with van der Waals surface area (Å²) in [6.45, 7) is 0.945. The Morgan fingerprint density at radius 3 is 2.66 bits per heavy atom. The van der Waals surface area contributed by atoms with Gasteiger partial charge in [0.05, 0.1) is 25.3 Å². The van der Waals surface area contributed by atoms with Gasteiger partial charge in [0.1, 0.15) is 0 Å². The van der Waals surface area contributed by atoms with Crippen molar-refractivity contribution in [1.82, 2.24) is 24.6 Å². The molecule has 1 saturated carbocycles. The molecule has 0 spiro atoms. The van der Waals surface area contributed by atoms with Gasteiger partial charge in [0.25, 0.3) is 5.91 Å². The largest absolute Gasteiger partial charge is 0.493 e. The van der Waals surface area contributed by atoms with Crippen molar-refractivity contribution in [2.24, 2.45) is 0 Å². The topological polar surface area (TPSA) is 116 Å². The number of piperidine rings is 1. The molecule has 11 heteroatoms. The number of aromatic nitrogens is 3. The van der Waals surface area contributed by atoms with Crippen LogP contribution in [-0.2, 0) is 16.6 Å². The highest BCUT2D eigenvalue weighted by molar-refractivity contribution is 7.89. The summed E-state index contributed by atoms with van der Waals surface area (Å²) in [6.07, 6.45) is 6.77. The zero-order valence-corrected chi connectivity index (χ0v) is 19.2. The molecular weight excluding hydrogens is 434 g/mol. The number of benzene rings is 1. The lowest BCUT2D eigenvalue weighted by atomic mass is 10.0. The number of hydrogen-bond acceptors (Lipinski definition) is 7. The van der Waals surface area contributed by atoms with Crippen molar-refractivity contribution in [3.05, 3.63) is 30.1 Å². The summed E-state index contributed by atoms with van der Waals surface area (Å²) in [5.74, 6) is 0.644. The highest BCUT2D eigenvalue weighted by Crippen LogP contribution is 2.33. The number of carbonyl (C=O) groups is 1. The predicted octanol–water partition coefficient (Wildman–Crippen LogP) is 1.82. The number of aryl methyl sites for hydroxylation is 1. The maximum atomic E-state index is 13.4. The van der Waals surface area contributed by atoms with Gasteiger partial charge in [-0.15, -0.1) is 5.10 Å². The molecule has 174 valence electrons. The predicted molar refractivity (Wildman–Crippen MR) is 116 cm³/mol. The van der Waals surface area contributed by atoms with Crippen LogP contribution in [0.15, 0.2) is 29.3 Å². The van der Waals surface area contributed by atoms with E-state index in [1.54, 1.807) is 27.3 Å². The van der Waals surface area contributed by atoms with Gasteiger partial charge in [0.15, 0.2) is 17.2 Å². The maximum Gasteiger partial charge on any atom is 0.273 e. The number of sulfonamides is 1. The molecule has 4 rings (SSSR count). The Morgan fingerprint density at radius 2 is 1.94 bits per heavy atom. The number of nitrogens with zero attached hydrogens (tertiary/aromatic N) is 4. The lowest BCUT2D eigenvalue weighted by molar-refractivity contribution is 0.0946. The molecule has 2 heterocycles. The maximum absolute atomic E-state index is 13.4. The second kappa shape index (κ2) is 9.45. The molecule has 32 heavy (non-hydrogen) atoms. The molecule has 1 saturated heterocycles. The molecule has 10 nitrogen and oxygen atoms in total. The number of nitrogens with one attached hydrogen (secondary N) is 1. The number of ether oxygens (including phenoxy) is 2. The monoisotopic (exact) mass is 463 g/mol. The van der Waals surface area contributed by atoms with Crippen molar-refractivity contribution in [2.75, 3.05) is 20.8 Å². The van der Waals surface area contributed by atoms with Gasteiger partial charge in [-0.25, -0.2) is 8.42 Å². The average Bonchev–Trinajstić information content (AvgIpc) is 3.49. The molecule has 2 fully saturated rings. The van der Waals surface area contributed by atoms with E-state index in [9.17, 15) is 13.2 Å². The Hall–Kier alpha value is -2.66. The normalized spacial score (nSPS) is 19.5. The summed E-state index contributed by atoms with van der Waals surface area (Å²) in [6, 6.07) is 4.75. The first kappa shape index (κ1) is 22.5. The van der Waals surface area contributed by atoms with Crippen molar-refractivity contribution in [1.29, 1.82) is 0 Å². The van der Waals surface area contributed by atoms with E-state index in [2.05, 4.69) is 15.6 Å². The van der Waals surface area contributed by atoms with Crippen molar-refractivity contribution in [3.63, 3.8) is 0 Å². The van der Waals surface area contributed by atoms with Crippen molar-refractivity contribution in [2.45, 2.75) is 62.0 Å². The van der Waals surface area contributed by atoms with Gasteiger partial charge >= 0.3 is 0 Å². The number of methoxy groups -OCH3 is 2. The lowest BCUT2D eigenvalue weighted by Gasteiger charge is -2.34. The summed E-state index contributed by atoms with van der Waals surface area (Å²) >= 11 is 0. The van der Waals surface area contributed by atoms with Crippen LogP contribution in [0.5, 0.6) is 11.5 Å². The molecule has 1 aliphatic heterocycles. The van der Waals surface area contributed by atoms with Gasteiger partial charge in [0.2, 0.25) is 10.0 Å². The van der Waals surface area contributed by atoms with E-state index in [-0.39, 0.29) is 28.6 Å². The number of rotatable bonds is 9. The van der Waals surface area contributed by atoms with Gasteiger partial charge < -0.3 is 14.8 Å². The van der Waals surface area contributed by atoms with Crippen LogP contribution in [0.4, 0.5) is 0 Å². The number of amides is 1. The van der Waals surface area contributed by atoms with Crippen LogP contribution in [0, 0.1) is 0 Å². The first-order chi connectivity index (χ1) is 15.4. The average molecular weight is 464 g/mol. The minimum atomic E-state index is -3.70. The lowest BCUT2D eigenvalue weighted by Crippen LogP contribution is -2.44. The Labute approximate surface area is 187 Å². The van der Waals surface area contributed by atoms with E-state index in [1.807, 2.05) is 0 Å². The molecule has 1 unspecified atom stereocenters. The van der Waals surface area contributed by atoms with Gasteiger partial charge in [-0.1, -0.05) is 11.6 Å². The molecule has 0 radical (unpaired) electrons. The Morgan fingerprint density at radius 1 is 1.16 bits per heavy atom. The van der Waals surface area contributed by atoms with E-state index < -0.39 is 10.0 Å². The molecule has 2 aromatic rings. The molecule has 1 aliphatic carbocycles. The SMILES string of the molecule is COc1ccc(S(=O)(=O)N2CCCCC2CCn2cc(C(=O)NC3CC3)nn2)cc1OC. The highest BCUT2D eigenvalue weighted by Gasteiger charge is 2.34. The van der Waals surface area contributed by atoms with Crippen LogP contribution in [0.3, 0.4) is 0 Å². The summed E-state index contributed by atoms with van der Waals surface area (Å²) in [4.78, 5) is 12.3. The Balaban J connectivity index is 1.45. The molecular formula is C21H29N5O5S. The van der Waals surface area contributed by atoms with Crippen LogP contribution in [0.25, 0.3) is 0 Å². The van der Waals surface area contributed by atoms with Crippen LogP contribution in [0.2, 0.25) is 0 Å². The number of carbonyl (C=O) groups excluding carboxylic acids is 1. The standard InChI is InChI=1S/C21H29N5O5S/c1-30-19-9-8-17(13-20(19)31-2)32(28,29)26-11-4-3-5-16(26)10-12-25-14-18(23-24-25)21(27)22-15-6-7-15/h8-9,13-16H,3-7,10-12H2,1-2H3,(H,22,27). The van der Waals surface area contributed by atoms with E-state index in [1.165, 1.54) is 20.3 Å². The zero-order valence-electron chi connectivity index (χ0n) is 18.4. The van der Waals surface area contributed by atoms with Crippen LogP contribution in [-0.4, -0.2) is 66.5 Å². The fourth-order valence-electron chi connectivity index (χ4n) is 3.97. The van der Waals surface area contributed by atoms with E-state index >= 15 is 0 Å². The Bertz CT molecular complexity index is 1070. The number of hydrogen-bond donors (Lipinski definition) is 1. The second-order valence-corrected chi connectivity index (χ2v) is 10.1. The Kier molecular flexibility index (Phi) is 6.66. The molecule has 1 atom stereocenters.